The highest BCUT2D eigenvalue weighted by Crippen LogP contribution is 2.30. The number of aryl methyl sites for hydroxylation is 1. The van der Waals surface area contributed by atoms with Gasteiger partial charge in [-0.3, -0.25) is 0 Å². The average Bonchev–Trinajstić information content (AvgIpc) is 2.63. The molecule has 0 aliphatic rings. The summed E-state index contributed by atoms with van der Waals surface area (Å²) in [6, 6.07) is 5.81. The molecule has 6 heteroatoms. The molecule has 0 aliphatic carbocycles. The zero-order valence-electron chi connectivity index (χ0n) is 8.57. The lowest BCUT2D eigenvalue weighted by Crippen LogP contribution is -1.86. The van der Waals surface area contributed by atoms with Crippen LogP contribution in [0.3, 0.4) is 0 Å². The van der Waals surface area contributed by atoms with Crippen molar-refractivity contribution in [3.05, 3.63) is 30.5 Å². The van der Waals surface area contributed by atoms with Crippen LogP contribution in [0.15, 0.2) is 40.7 Å². The Hall–Kier alpha value is -2.37. The van der Waals surface area contributed by atoms with Crippen LogP contribution in [0.1, 0.15) is 0 Å². The topological polar surface area (TPSA) is 83.0 Å². The lowest BCUT2D eigenvalue weighted by molar-refractivity contribution is 0.451. The fourth-order valence-electron chi connectivity index (χ4n) is 1.17. The number of phenols is 2. The molecule has 2 aromatic rings. The minimum Gasteiger partial charge on any atom is -0.508 e. The Morgan fingerprint density at radius 1 is 1.19 bits per heavy atom. The van der Waals surface area contributed by atoms with Crippen LogP contribution in [-0.4, -0.2) is 20.0 Å². The summed E-state index contributed by atoms with van der Waals surface area (Å²) in [7, 11) is 1.74. The van der Waals surface area contributed by atoms with E-state index in [2.05, 4.69) is 15.3 Å². The summed E-state index contributed by atoms with van der Waals surface area (Å²) < 4.78 is 1.56. The van der Waals surface area contributed by atoms with Crippen molar-refractivity contribution in [3.8, 4) is 11.5 Å². The van der Waals surface area contributed by atoms with Crippen molar-refractivity contribution < 1.29 is 10.2 Å². The second kappa shape index (κ2) is 4.01. The number of hydrogen-bond acceptors (Lipinski definition) is 5. The summed E-state index contributed by atoms with van der Waals surface area (Å²) in [5, 5.41) is 30.2. The van der Waals surface area contributed by atoms with Gasteiger partial charge in [0.2, 0.25) is 0 Å². The van der Waals surface area contributed by atoms with E-state index in [1.807, 2.05) is 0 Å². The number of nitrogens with zero attached hydrogens (tertiary/aromatic N) is 4. The van der Waals surface area contributed by atoms with Crippen molar-refractivity contribution in [1.82, 2.24) is 9.78 Å². The maximum absolute atomic E-state index is 9.45. The first-order chi connectivity index (χ1) is 7.66. The van der Waals surface area contributed by atoms with E-state index in [9.17, 15) is 5.11 Å². The normalized spacial score (nSPS) is 11.1. The van der Waals surface area contributed by atoms with E-state index in [1.165, 1.54) is 18.2 Å². The monoisotopic (exact) mass is 218 g/mol. The highest BCUT2D eigenvalue weighted by Gasteiger charge is 2.01. The third-order valence-corrected chi connectivity index (χ3v) is 2.01. The van der Waals surface area contributed by atoms with E-state index in [-0.39, 0.29) is 11.5 Å². The molecule has 82 valence electrons. The van der Waals surface area contributed by atoms with Crippen LogP contribution >= 0.6 is 0 Å². The lowest BCUT2D eigenvalue weighted by atomic mass is 10.3. The van der Waals surface area contributed by atoms with Gasteiger partial charge in [-0.15, -0.1) is 10.2 Å². The highest BCUT2D eigenvalue weighted by atomic mass is 16.3. The van der Waals surface area contributed by atoms with Gasteiger partial charge in [0, 0.05) is 19.2 Å². The molecule has 0 radical (unpaired) electrons. The fraction of sp³-hybridized carbons (Fsp3) is 0.100. The van der Waals surface area contributed by atoms with Crippen LogP contribution in [0, 0.1) is 0 Å². The van der Waals surface area contributed by atoms with E-state index in [0.717, 1.165) is 0 Å². The van der Waals surface area contributed by atoms with Crippen molar-refractivity contribution in [2.45, 2.75) is 0 Å². The summed E-state index contributed by atoms with van der Waals surface area (Å²) in [5.41, 5.74) is 0.291. The molecule has 2 rings (SSSR count). The van der Waals surface area contributed by atoms with E-state index in [1.54, 1.807) is 24.0 Å². The Bertz CT molecular complexity index is 533. The average molecular weight is 218 g/mol. The molecule has 0 spiro atoms. The van der Waals surface area contributed by atoms with Crippen molar-refractivity contribution in [1.29, 1.82) is 0 Å². The molecule has 0 aliphatic heterocycles. The molecule has 0 saturated carbocycles. The molecule has 0 amide bonds. The summed E-state index contributed by atoms with van der Waals surface area (Å²) in [5.74, 6) is 0.440. The Balaban J connectivity index is 2.27. The molecule has 16 heavy (non-hydrogen) atoms. The SMILES string of the molecule is Cn1nccc1/N=N/c1ccc(O)cc1O. The molecule has 0 unspecified atom stereocenters. The molecular formula is C10H10N4O2. The largest absolute Gasteiger partial charge is 0.508 e. The molecule has 0 saturated heterocycles. The summed E-state index contributed by atoms with van der Waals surface area (Å²) in [6.45, 7) is 0. The third-order valence-electron chi connectivity index (χ3n) is 2.01. The maximum Gasteiger partial charge on any atom is 0.172 e. The molecule has 0 bridgehead atoms. The molecular weight excluding hydrogens is 208 g/mol. The summed E-state index contributed by atoms with van der Waals surface area (Å²) in [4.78, 5) is 0. The summed E-state index contributed by atoms with van der Waals surface area (Å²) in [6.07, 6.45) is 1.60. The van der Waals surface area contributed by atoms with Crippen LogP contribution in [0.4, 0.5) is 11.5 Å². The van der Waals surface area contributed by atoms with Crippen LogP contribution in [0.25, 0.3) is 0 Å². The van der Waals surface area contributed by atoms with Gasteiger partial charge in [-0.2, -0.15) is 5.10 Å². The van der Waals surface area contributed by atoms with Gasteiger partial charge in [0.15, 0.2) is 5.82 Å². The third kappa shape index (κ3) is 2.00. The van der Waals surface area contributed by atoms with Crippen molar-refractivity contribution >= 4 is 11.5 Å². The number of benzene rings is 1. The number of aromatic nitrogens is 2. The Morgan fingerprint density at radius 3 is 2.62 bits per heavy atom. The standard InChI is InChI=1S/C10H10N4O2/c1-14-10(4-5-11-14)13-12-8-3-2-7(15)6-9(8)16/h2-6,15-16H,1H3/b13-12+. The van der Waals surface area contributed by atoms with Crippen molar-refractivity contribution in [3.63, 3.8) is 0 Å². The van der Waals surface area contributed by atoms with E-state index < -0.39 is 0 Å². The predicted molar refractivity (Wildman–Crippen MR) is 57.2 cm³/mol. The number of phenolic OH excluding ortho intramolecular Hbond substituents is 2. The smallest absolute Gasteiger partial charge is 0.172 e. The molecule has 0 fully saturated rings. The number of hydrogen-bond donors (Lipinski definition) is 2. The first kappa shape index (κ1) is 10.2. The second-order valence-electron chi connectivity index (χ2n) is 3.19. The van der Waals surface area contributed by atoms with E-state index >= 15 is 0 Å². The predicted octanol–water partition coefficient (Wildman–Crippen LogP) is 2.25. The Kier molecular flexibility index (Phi) is 2.55. The van der Waals surface area contributed by atoms with Crippen molar-refractivity contribution in [2.24, 2.45) is 17.3 Å². The number of azo groups is 1. The maximum atomic E-state index is 9.45. The van der Waals surface area contributed by atoms with Crippen LogP contribution < -0.4 is 0 Å². The number of aromatic hydroxyl groups is 2. The van der Waals surface area contributed by atoms with Gasteiger partial charge in [-0.05, 0) is 12.1 Å². The quantitative estimate of drug-likeness (QED) is 0.758. The Morgan fingerprint density at radius 2 is 2.00 bits per heavy atom. The van der Waals surface area contributed by atoms with Gasteiger partial charge in [0.05, 0.1) is 6.20 Å². The molecule has 1 aromatic heterocycles. The van der Waals surface area contributed by atoms with Gasteiger partial charge in [-0.25, -0.2) is 4.68 Å². The van der Waals surface area contributed by atoms with Crippen LogP contribution in [0.5, 0.6) is 11.5 Å². The van der Waals surface area contributed by atoms with Gasteiger partial charge in [-0.1, -0.05) is 0 Å². The molecule has 6 nitrogen and oxygen atoms in total. The van der Waals surface area contributed by atoms with Gasteiger partial charge < -0.3 is 10.2 Å². The zero-order chi connectivity index (χ0) is 11.5. The molecule has 0 atom stereocenters. The lowest BCUT2D eigenvalue weighted by Gasteiger charge is -1.98. The first-order valence-electron chi connectivity index (χ1n) is 4.58. The number of rotatable bonds is 2. The molecule has 1 heterocycles. The van der Waals surface area contributed by atoms with Gasteiger partial charge in [0.1, 0.15) is 17.2 Å². The van der Waals surface area contributed by atoms with Gasteiger partial charge in [0.25, 0.3) is 0 Å². The van der Waals surface area contributed by atoms with Crippen LogP contribution in [-0.2, 0) is 7.05 Å². The van der Waals surface area contributed by atoms with Gasteiger partial charge >= 0.3 is 0 Å². The second-order valence-corrected chi connectivity index (χ2v) is 3.19. The van der Waals surface area contributed by atoms with E-state index in [4.69, 9.17) is 5.11 Å². The minimum absolute atomic E-state index is 0.0167. The van der Waals surface area contributed by atoms with E-state index in [0.29, 0.717) is 11.5 Å². The van der Waals surface area contributed by atoms with Crippen molar-refractivity contribution in [2.75, 3.05) is 0 Å². The molecule has 1 aromatic carbocycles. The zero-order valence-corrected chi connectivity index (χ0v) is 8.57. The molecule has 2 N–H and O–H groups in total. The fourth-order valence-corrected chi connectivity index (χ4v) is 1.17. The summed E-state index contributed by atoms with van der Waals surface area (Å²) >= 11 is 0. The minimum atomic E-state index is -0.120. The first-order valence-corrected chi connectivity index (χ1v) is 4.58. The Labute approximate surface area is 91.5 Å². The highest BCUT2D eigenvalue weighted by molar-refractivity contribution is 5.53. The van der Waals surface area contributed by atoms with Crippen LogP contribution in [0.2, 0.25) is 0 Å².